The number of nitrogens with zero attached hydrogens (tertiary/aromatic N) is 2. The number of amides is 3. The van der Waals surface area contributed by atoms with Crippen molar-refractivity contribution in [2.24, 2.45) is 0 Å². The quantitative estimate of drug-likeness (QED) is 0.691. The molecule has 1 unspecified atom stereocenters. The van der Waals surface area contributed by atoms with Crippen LogP contribution in [0.15, 0.2) is 42.5 Å². The minimum atomic E-state index is -0.979. The summed E-state index contributed by atoms with van der Waals surface area (Å²) >= 11 is 1.51. The first-order valence-electron chi connectivity index (χ1n) is 9.27. The maximum Gasteiger partial charge on any atom is 0.325 e. The number of carbonyl (C=O) groups is 2. The number of rotatable bonds is 3. The summed E-state index contributed by atoms with van der Waals surface area (Å²) in [6.45, 7) is 0.192. The number of methoxy groups -OCH3 is 1. The van der Waals surface area contributed by atoms with E-state index >= 15 is 0 Å². The third kappa shape index (κ3) is 2.50. The second-order valence-electron chi connectivity index (χ2n) is 7.18. The first kappa shape index (κ1) is 17.2. The lowest BCUT2D eigenvalue weighted by Crippen LogP contribution is -2.46. The number of hydrogen-bond donors (Lipinski definition) is 1. The van der Waals surface area contributed by atoms with Crippen molar-refractivity contribution in [2.75, 3.05) is 7.11 Å². The molecular formula is C21H19N3O3S. The lowest BCUT2D eigenvalue weighted by atomic mass is 9.76. The van der Waals surface area contributed by atoms with Crippen molar-refractivity contribution in [3.8, 4) is 5.75 Å². The number of carbonyl (C=O) groups excluding carboxylic acids is 2. The Morgan fingerprint density at radius 1 is 1.25 bits per heavy atom. The minimum Gasteiger partial charge on any atom is -0.497 e. The molecule has 0 bridgehead atoms. The summed E-state index contributed by atoms with van der Waals surface area (Å²) in [5.74, 6) is 0.571. The molecule has 1 aromatic heterocycles. The molecule has 3 aromatic rings. The van der Waals surface area contributed by atoms with Crippen LogP contribution >= 0.6 is 11.3 Å². The fourth-order valence-electron chi connectivity index (χ4n) is 4.24. The standard InChI is InChI=1S/C21H19N3O3S/c1-27-14-8-9-15-13(11-14)5-4-10-21(15)19(25)24(20(26)23-21)12-18-22-16-6-2-3-7-17(16)28-18/h2-3,6-9,11H,4-5,10,12H2,1H3,(H,23,26). The Hall–Kier alpha value is -2.93. The zero-order chi connectivity index (χ0) is 19.3. The summed E-state index contributed by atoms with van der Waals surface area (Å²) in [6, 6.07) is 13.2. The van der Waals surface area contributed by atoms with Gasteiger partial charge in [0.05, 0.1) is 23.9 Å². The number of nitrogens with one attached hydrogen (secondary N) is 1. The van der Waals surface area contributed by atoms with Gasteiger partial charge in [-0.05, 0) is 54.7 Å². The molecule has 1 aliphatic heterocycles. The summed E-state index contributed by atoms with van der Waals surface area (Å²) in [5.41, 5.74) is 1.85. The van der Waals surface area contributed by atoms with Crippen molar-refractivity contribution in [2.45, 2.75) is 31.3 Å². The maximum absolute atomic E-state index is 13.4. The Kier molecular flexibility index (Phi) is 3.87. The number of benzene rings is 2. The second kappa shape index (κ2) is 6.31. The summed E-state index contributed by atoms with van der Waals surface area (Å²) < 4.78 is 6.37. The van der Waals surface area contributed by atoms with Crippen LogP contribution in [0, 0.1) is 0 Å². The minimum absolute atomic E-state index is 0.192. The largest absolute Gasteiger partial charge is 0.497 e. The molecule has 142 valence electrons. The molecule has 28 heavy (non-hydrogen) atoms. The first-order chi connectivity index (χ1) is 13.6. The van der Waals surface area contributed by atoms with Gasteiger partial charge in [0, 0.05) is 0 Å². The first-order valence-corrected chi connectivity index (χ1v) is 10.1. The van der Waals surface area contributed by atoms with Crippen LogP contribution in [0.25, 0.3) is 10.2 Å². The van der Waals surface area contributed by atoms with Crippen molar-refractivity contribution in [1.82, 2.24) is 15.2 Å². The molecule has 6 nitrogen and oxygen atoms in total. The molecule has 2 aliphatic rings. The van der Waals surface area contributed by atoms with E-state index in [0.29, 0.717) is 6.42 Å². The van der Waals surface area contributed by atoms with Gasteiger partial charge in [0.25, 0.3) is 5.91 Å². The zero-order valence-electron chi connectivity index (χ0n) is 15.4. The van der Waals surface area contributed by atoms with Gasteiger partial charge >= 0.3 is 6.03 Å². The molecule has 1 N–H and O–H groups in total. The Morgan fingerprint density at radius 3 is 2.93 bits per heavy atom. The molecule has 1 fully saturated rings. The molecular weight excluding hydrogens is 374 g/mol. The number of imide groups is 1. The molecule has 2 aromatic carbocycles. The molecule has 3 amide bonds. The lowest BCUT2D eigenvalue weighted by Gasteiger charge is -2.33. The van der Waals surface area contributed by atoms with E-state index in [0.717, 1.165) is 44.9 Å². The molecule has 1 atom stereocenters. The van der Waals surface area contributed by atoms with Gasteiger partial charge in [0.15, 0.2) is 0 Å². The molecule has 5 rings (SSSR count). The molecule has 0 radical (unpaired) electrons. The predicted octanol–water partition coefficient (Wildman–Crippen LogP) is 3.59. The normalized spacial score (nSPS) is 21.2. The third-order valence-electron chi connectivity index (χ3n) is 5.58. The molecule has 7 heteroatoms. The average Bonchev–Trinajstić information content (AvgIpc) is 3.22. The Labute approximate surface area is 166 Å². The number of aryl methyl sites for hydroxylation is 1. The van der Waals surface area contributed by atoms with Crippen molar-refractivity contribution in [3.05, 3.63) is 58.6 Å². The van der Waals surface area contributed by atoms with E-state index in [2.05, 4.69) is 10.3 Å². The highest BCUT2D eigenvalue weighted by molar-refractivity contribution is 7.18. The van der Waals surface area contributed by atoms with Crippen molar-refractivity contribution in [1.29, 1.82) is 0 Å². The summed E-state index contributed by atoms with van der Waals surface area (Å²) in [7, 11) is 1.63. The molecule has 0 saturated carbocycles. The topological polar surface area (TPSA) is 71.5 Å². The van der Waals surface area contributed by atoms with E-state index in [1.54, 1.807) is 7.11 Å². The Bertz CT molecular complexity index is 1080. The zero-order valence-corrected chi connectivity index (χ0v) is 16.2. The predicted molar refractivity (Wildman–Crippen MR) is 106 cm³/mol. The van der Waals surface area contributed by atoms with Gasteiger partial charge in [-0.15, -0.1) is 11.3 Å². The number of urea groups is 1. The van der Waals surface area contributed by atoms with E-state index in [-0.39, 0.29) is 18.5 Å². The highest BCUT2D eigenvalue weighted by Crippen LogP contribution is 2.41. The van der Waals surface area contributed by atoms with Crippen molar-refractivity contribution < 1.29 is 14.3 Å². The van der Waals surface area contributed by atoms with Gasteiger partial charge in [0.2, 0.25) is 0 Å². The van der Waals surface area contributed by atoms with Gasteiger partial charge < -0.3 is 10.1 Å². The summed E-state index contributed by atoms with van der Waals surface area (Å²) in [6.07, 6.45) is 2.31. The van der Waals surface area contributed by atoms with Gasteiger partial charge in [-0.1, -0.05) is 18.2 Å². The van der Waals surface area contributed by atoms with Crippen molar-refractivity contribution in [3.63, 3.8) is 0 Å². The number of fused-ring (bicyclic) bond motifs is 3. The second-order valence-corrected chi connectivity index (χ2v) is 8.29. The lowest BCUT2D eigenvalue weighted by molar-refractivity contribution is -0.132. The summed E-state index contributed by atoms with van der Waals surface area (Å²) in [5, 5.41) is 3.75. The molecule has 2 heterocycles. The summed E-state index contributed by atoms with van der Waals surface area (Å²) in [4.78, 5) is 32.1. The molecule has 1 spiro atoms. The van der Waals surface area contributed by atoms with Crippen LogP contribution in [0.5, 0.6) is 5.75 Å². The van der Waals surface area contributed by atoms with Crippen LogP contribution in [0.3, 0.4) is 0 Å². The average molecular weight is 393 g/mol. The van der Waals surface area contributed by atoms with E-state index in [1.165, 1.54) is 16.2 Å². The van der Waals surface area contributed by atoms with Gasteiger partial charge in [0.1, 0.15) is 16.3 Å². The van der Waals surface area contributed by atoms with Crippen LogP contribution in [0.2, 0.25) is 0 Å². The van der Waals surface area contributed by atoms with Crippen molar-refractivity contribution >= 4 is 33.5 Å². The van der Waals surface area contributed by atoms with Gasteiger partial charge in [-0.25, -0.2) is 9.78 Å². The highest BCUT2D eigenvalue weighted by atomic mass is 32.1. The van der Waals surface area contributed by atoms with Crippen LogP contribution in [0.4, 0.5) is 4.79 Å². The highest BCUT2D eigenvalue weighted by Gasteiger charge is 2.54. The third-order valence-corrected chi connectivity index (χ3v) is 6.60. The van der Waals surface area contributed by atoms with E-state index in [9.17, 15) is 9.59 Å². The Balaban J connectivity index is 1.49. The fraction of sp³-hybridized carbons (Fsp3) is 0.286. The molecule has 1 aliphatic carbocycles. The van der Waals surface area contributed by atoms with Gasteiger partial charge in [-0.2, -0.15) is 0 Å². The maximum atomic E-state index is 13.4. The van der Waals surface area contributed by atoms with Gasteiger partial charge in [-0.3, -0.25) is 9.69 Å². The number of ether oxygens (including phenoxy) is 1. The van der Waals surface area contributed by atoms with Crippen LogP contribution in [-0.2, 0) is 23.3 Å². The van der Waals surface area contributed by atoms with Crippen LogP contribution in [-0.4, -0.2) is 28.9 Å². The number of aromatic nitrogens is 1. The van der Waals surface area contributed by atoms with E-state index in [1.807, 2.05) is 42.5 Å². The SMILES string of the molecule is COc1ccc2c(c1)CCCC21NC(=O)N(Cc2nc3ccccc3s2)C1=O. The Morgan fingerprint density at radius 2 is 2.11 bits per heavy atom. The fourth-order valence-corrected chi connectivity index (χ4v) is 5.20. The monoisotopic (exact) mass is 393 g/mol. The smallest absolute Gasteiger partial charge is 0.325 e. The van der Waals surface area contributed by atoms with Crippen LogP contribution in [0.1, 0.15) is 29.0 Å². The number of thiazole rings is 1. The number of hydrogen-bond acceptors (Lipinski definition) is 5. The number of para-hydroxylation sites is 1. The molecule has 1 saturated heterocycles. The van der Waals surface area contributed by atoms with E-state index < -0.39 is 5.54 Å². The van der Waals surface area contributed by atoms with E-state index in [4.69, 9.17) is 4.74 Å². The van der Waals surface area contributed by atoms with Crippen LogP contribution < -0.4 is 10.1 Å².